The van der Waals surface area contributed by atoms with Crippen molar-refractivity contribution in [2.24, 2.45) is 0 Å². The van der Waals surface area contributed by atoms with Crippen LogP contribution in [-0.2, 0) is 59.2 Å². The van der Waals surface area contributed by atoms with Crippen LogP contribution < -0.4 is 41.4 Å². The summed E-state index contributed by atoms with van der Waals surface area (Å²) in [6, 6.07) is 10.6. The van der Waals surface area contributed by atoms with E-state index in [1.807, 2.05) is 0 Å². The minimum Gasteiger partial charge on any atom is -0.484 e. The van der Waals surface area contributed by atoms with Crippen LogP contribution in [0.15, 0.2) is 60.7 Å². The quantitative estimate of drug-likeness (QED) is 0.0183. The molecule has 0 aromatic heterocycles. The lowest BCUT2D eigenvalue weighted by Crippen LogP contribution is -2.46. The van der Waals surface area contributed by atoms with Crippen molar-refractivity contribution >= 4 is 70.9 Å². The molecular formula is C53H74N10O18. The maximum absolute atomic E-state index is 12.8. The number of imide groups is 1. The number of nitrogens with zero attached hydrogens (tertiary/aromatic N) is 4. The molecule has 11 amide bonds. The van der Waals surface area contributed by atoms with E-state index in [0.29, 0.717) is 97.4 Å². The Bertz CT molecular complexity index is 2470. The van der Waals surface area contributed by atoms with Crippen LogP contribution in [0.2, 0.25) is 0 Å². The van der Waals surface area contributed by atoms with Crippen molar-refractivity contribution < 1.29 is 87.7 Å². The van der Waals surface area contributed by atoms with Crippen molar-refractivity contribution in [1.82, 2.24) is 52.0 Å². The van der Waals surface area contributed by atoms with Crippen molar-refractivity contribution in [2.45, 2.75) is 103 Å². The lowest BCUT2D eigenvalue weighted by atomic mass is 10.1. The van der Waals surface area contributed by atoms with Gasteiger partial charge in [-0.15, -0.1) is 0 Å². The molecule has 28 nitrogen and oxygen atoms in total. The fourth-order valence-electron chi connectivity index (χ4n) is 7.41. The summed E-state index contributed by atoms with van der Waals surface area (Å²) in [5.74, 6) is -6.57. The minimum atomic E-state index is -1.36. The molecule has 0 aliphatic carbocycles. The number of hydrogen-bond acceptors (Lipinski definition) is 17. The average Bonchev–Trinajstić information content (AvgIpc) is 3.77. The Balaban J connectivity index is 1.18. The van der Waals surface area contributed by atoms with Crippen LogP contribution in [0.3, 0.4) is 0 Å². The molecular weight excluding hydrogens is 1060 g/mol. The molecule has 2 aromatic rings. The number of benzene rings is 2. The summed E-state index contributed by atoms with van der Waals surface area (Å²) in [5, 5.41) is 56.3. The van der Waals surface area contributed by atoms with Gasteiger partial charge in [0.1, 0.15) is 17.5 Å². The summed E-state index contributed by atoms with van der Waals surface area (Å²) in [4.78, 5) is 146. The van der Waals surface area contributed by atoms with Crippen molar-refractivity contribution in [1.29, 1.82) is 0 Å². The Kier molecular flexibility index (Phi) is 30.8. The smallest absolute Gasteiger partial charge is 0.326 e. The predicted molar refractivity (Wildman–Crippen MR) is 284 cm³/mol. The Labute approximate surface area is 467 Å². The van der Waals surface area contributed by atoms with Gasteiger partial charge in [-0.2, -0.15) is 0 Å². The molecule has 1 atom stereocenters. The second kappa shape index (κ2) is 37.4. The fraction of sp³-hybridized carbons (Fsp3) is 0.509. The van der Waals surface area contributed by atoms with Gasteiger partial charge in [0.15, 0.2) is 13.2 Å². The standard InChI is InChI=1S/C53H74N10O18/c1-37(64)61(77)28-8-2-5-24-54-43(65)18-20-50(72)62(78)29-9-3-6-25-55-44(66)19-21-51(73)63(79)30-10-4-7-26-56-46(68)36-81-41-13-11-12-39(33-41)52(74)58-34-45(67)59-42(53(75)76)32-38-14-16-40(17-15-38)80-35-47(69)57-27-31-60-48(70)22-23-49(60)71/h11-17,22-23,33,42,77-79H,2-10,18-21,24-32,34-36H2,1H3,(H,54,65)(H,55,66)(H,56,68)(H,57,69)(H,58,74)(H,59,67)(H,75,76)/t42-/m0/s1. The molecule has 2 aromatic carbocycles. The van der Waals surface area contributed by atoms with E-state index in [2.05, 4.69) is 31.9 Å². The SMILES string of the molecule is CC(=O)N(O)CCCCCNC(=O)CCC(=O)N(O)CCCCCNC(=O)CCC(=O)N(O)CCCCCNC(=O)COc1cccc(C(=O)NCC(=O)N[C@@H](Cc2ccc(OCC(=O)NCCN3C(=O)C=CC3=O)cc2)C(=O)O)c1. The van der Waals surface area contributed by atoms with Crippen LogP contribution in [0.4, 0.5) is 0 Å². The lowest BCUT2D eigenvalue weighted by molar-refractivity contribution is -0.166. The molecule has 0 saturated carbocycles. The van der Waals surface area contributed by atoms with Crippen LogP contribution in [0, 0.1) is 0 Å². The van der Waals surface area contributed by atoms with E-state index < -0.39 is 71.7 Å². The van der Waals surface area contributed by atoms with Crippen LogP contribution in [0.5, 0.6) is 11.5 Å². The summed E-state index contributed by atoms with van der Waals surface area (Å²) < 4.78 is 11.0. The van der Waals surface area contributed by atoms with E-state index in [-0.39, 0.29) is 108 Å². The maximum atomic E-state index is 12.8. The molecule has 1 heterocycles. The van der Waals surface area contributed by atoms with Gasteiger partial charge < -0.3 is 46.5 Å². The highest BCUT2D eigenvalue weighted by molar-refractivity contribution is 6.12. The van der Waals surface area contributed by atoms with Gasteiger partial charge in [0, 0.05) is 109 Å². The third-order valence-electron chi connectivity index (χ3n) is 12.0. The van der Waals surface area contributed by atoms with E-state index in [4.69, 9.17) is 9.47 Å². The summed E-state index contributed by atoms with van der Waals surface area (Å²) in [5.41, 5.74) is 0.612. The molecule has 0 fully saturated rings. The van der Waals surface area contributed by atoms with E-state index in [1.165, 1.54) is 43.3 Å². The molecule has 0 unspecified atom stereocenters. The van der Waals surface area contributed by atoms with Gasteiger partial charge in [-0.3, -0.25) is 73.3 Å². The first-order valence-corrected chi connectivity index (χ1v) is 26.5. The third kappa shape index (κ3) is 28.3. The van der Waals surface area contributed by atoms with Crippen molar-refractivity contribution in [3.63, 3.8) is 0 Å². The lowest BCUT2D eigenvalue weighted by Gasteiger charge is -2.16. The van der Waals surface area contributed by atoms with Crippen molar-refractivity contribution in [3.8, 4) is 11.5 Å². The molecule has 0 spiro atoms. The summed E-state index contributed by atoms with van der Waals surface area (Å²) in [7, 11) is 0. The summed E-state index contributed by atoms with van der Waals surface area (Å²) >= 11 is 0. The maximum Gasteiger partial charge on any atom is 0.326 e. The monoisotopic (exact) mass is 1140 g/mol. The fourth-order valence-corrected chi connectivity index (χ4v) is 7.41. The third-order valence-corrected chi connectivity index (χ3v) is 12.0. The van der Waals surface area contributed by atoms with Crippen molar-refractivity contribution in [2.75, 3.05) is 72.1 Å². The average molecular weight is 1140 g/mol. The summed E-state index contributed by atoms with van der Waals surface area (Å²) in [6.45, 7) is 1.21. The number of nitrogens with one attached hydrogen (secondary N) is 6. The van der Waals surface area contributed by atoms with Crippen molar-refractivity contribution in [3.05, 3.63) is 71.8 Å². The summed E-state index contributed by atoms with van der Waals surface area (Å²) in [6.07, 6.45) is 6.47. The van der Waals surface area contributed by atoms with E-state index in [1.54, 1.807) is 12.1 Å². The zero-order valence-electron chi connectivity index (χ0n) is 45.3. The first-order chi connectivity index (χ1) is 38.7. The zero-order chi connectivity index (χ0) is 59.5. The second-order valence-electron chi connectivity index (χ2n) is 18.5. The number of hydroxylamine groups is 6. The van der Waals surface area contributed by atoms with Gasteiger partial charge in [0.05, 0.1) is 6.54 Å². The number of rotatable bonds is 40. The molecule has 3 rings (SSSR count). The molecule has 10 N–H and O–H groups in total. The molecule has 0 radical (unpaired) electrons. The number of aliphatic carboxylic acids is 1. The number of carboxylic acids is 1. The highest BCUT2D eigenvalue weighted by Gasteiger charge is 2.24. The Hall–Kier alpha value is -8.50. The van der Waals surface area contributed by atoms with Gasteiger partial charge in [0.2, 0.25) is 35.4 Å². The highest BCUT2D eigenvalue weighted by atomic mass is 16.5. The second-order valence-corrected chi connectivity index (χ2v) is 18.5. The number of carbonyl (C=O) groups is 12. The normalized spacial score (nSPS) is 11.9. The minimum absolute atomic E-state index is 0.00289. The van der Waals surface area contributed by atoms with Gasteiger partial charge in [-0.1, -0.05) is 18.2 Å². The van der Waals surface area contributed by atoms with Crippen LogP contribution in [-0.4, -0.2) is 190 Å². The van der Waals surface area contributed by atoms with Crippen LogP contribution in [0.25, 0.3) is 0 Å². The first-order valence-electron chi connectivity index (χ1n) is 26.5. The molecule has 28 heteroatoms. The Morgan fingerprint density at radius 2 is 1.02 bits per heavy atom. The van der Waals surface area contributed by atoms with E-state index in [9.17, 15) is 78.3 Å². The van der Waals surface area contributed by atoms with Crippen LogP contribution in [0.1, 0.15) is 106 Å². The van der Waals surface area contributed by atoms with E-state index in [0.717, 1.165) is 17.1 Å². The van der Waals surface area contributed by atoms with Gasteiger partial charge in [-0.05, 0) is 93.7 Å². The molecule has 444 valence electrons. The molecule has 81 heavy (non-hydrogen) atoms. The largest absolute Gasteiger partial charge is 0.484 e. The topological polar surface area (TPSA) is 389 Å². The Morgan fingerprint density at radius 1 is 0.543 bits per heavy atom. The van der Waals surface area contributed by atoms with Crippen LogP contribution >= 0.6 is 0 Å². The number of hydrogen-bond donors (Lipinski definition) is 10. The molecule has 1 aliphatic heterocycles. The Morgan fingerprint density at radius 3 is 1.53 bits per heavy atom. The number of unbranched alkanes of at least 4 members (excludes halogenated alkanes) is 6. The number of carboxylic acid groups (broad SMARTS) is 1. The molecule has 0 bridgehead atoms. The molecule has 1 aliphatic rings. The number of carbonyl (C=O) groups excluding carboxylic acids is 11. The van der Waals surface area contributed by atoms with Gasteiger partial charge >= 0.3 is 5.97 Å². The van der Waals surface area contributed by atoms with Gasteiger partial charge in [0.25, 0.3) is 29.5 Å². The van der Waals surface area contributed by atoms with Gasteiger partial charge in [-0.25, -0.2) is 20.0 Å². The van der Waals surface area contributed by atoms with E-state index >= 15 is 0 Å². The highest BCUT2D eigenvalue weighted by Crippen LogP contribution is 2.15. The first kappa shape index (κ1) is 66.8. The predicted octanol–water partition coefficient (Wildman–Crippen LogP) is 0.120. The number of ether oxygens (including phenoxy) is 2. The molecule has 0 saturated heterocycles. The number of amides is 11. The zero-order valence-corrected chi connectivity index (χ0v) is 45.3.